The van der Waals surface area contributed by atoms with Crippen LogP contribution in [0, 0.1) is 0 Å². The molecule has 0 spiro atoms. The summed E-state index contributed by atoms with van der Waals surface area (Å²) < 4.78 is 24.6. The number of hydrogen-bond donors (Lipinski definition) is 1. The molecule has 0 amide bonds. The monoisotopic (exact) mass is 241 g/mol. The summed E-state index contributed by atoms with van der Waals surface area (Å²) in [5, 5.41) is 8.71. The van der Waals surface area contributed by atoms with Gasteiger partial charge >= 0.3 is 0 Å². The van der Waals surface area contributed by atoms with Crippen LogP contribution in [0.1, 0.15) is 23.4 Å². The van der Waals surface area contributed by atoms with E-state index in [0.717, 1.165) is 0 Å². The highest BCUT2D eigenvalue weighted by molar-refractivity contribution is 6.31. The summed E-state index contributed by atoms with van der Waals surface area (Å²) >= 11 is 11.1. The molecule has 0 aromatic carbocycles. The molecular weight excluding hydrogens is 235 g/mol. The number of pyridine rings is 1. The molecule has 0 unspecified atom stereocenters. The number of rotatable bonds is 3. The molecule has 0 bridgehead atoms. The fourth-order valence-corrected chi connectivity index (χ4v) is 1.47. The largest absolute Gasteiger partial charge is 0.390 e. The second-order valence-corrected chi connectivity index (χ2v) is 3.23. The number of aliphatic hydroxyl groups excluding tert-OH is 1. The minimum absolute atomic E-state index is 0.0755. The van der Waals surface area contributed by atoms with Crippen molar-refractivity contribution in [2.45, 2.75) is 18.9 Å². The molecule has 0 aliphatic carbocycles. The van der Waals surface area contributed by atoms with Crippen LogP contribution >= 0.6 is 23.2 Å². The first-order valence-corrected chi connectivity index (χ1v) is 4.64. The Hall–Kier alpha value is -0.450. The first kappa shape index (κ1) is 11.6. The van der Waals surface area contributed by atoms with Crippen LogP contribution in [0.3, 0.4) is 0 Å². The molecule has 2 nitrogen and oxygen atoms in total. The van der Waals surface area contributed by atoms with Crippen molar-refractivity contribution in [2.75, 3.05) is 0 Å². The highest BCUT2D eigenvalue weighted by Crippen LogP contribution is 2.27. The number of aromatic nitrogens is 1. The lowest BCUT2D eigenvalue weighted by Crippen LogP contribution is -2.01. The Morgan fingerprint density at radius 2 is 2.14 bits per heavy atom. The summed E-state index contributed by atoms with van der Waals surface area (Å²) in [6, 6.07) is 1.30. The van der Waals surface area contributed by atoms with Crippen LogP contribution in [0.2, 0.25) is 5.02 Å². The Labute approximate surface area is 89.5 Å². The molecule has 0 aliphatic rings. The normalized spacial score (nSPS) is 11.0. The second-order valence-electron chi connectivity index (χ2n) is 2.55. The van der Waals surface area contributed by atoms with Crippen LogP contribution in [0.4, 0.5) is 8.78 Å². The second kappa shape index (κ2) is 4.87. The van der Waals surface area contributed by atoms with Crippen molar-refractivity contribution in [3.63, 3.8) is 0 Å². The first-order valence-electron chi connectivity index (χ1n) is 3.73. The molecule has 14 heavy (non-hydrogen) atoms. The van der Waals surface area contributed by atoms with Gasteiger partial charge in [-0.15, -0.1) is 11.6 Å². The highest BCUT2D eigenvalue weighted by Gasteiger charge is 2.16. The van der Waals surface area contributed by atoms with Crippen LogP contribution in [-0.4, -0.2) is 10.1 Å². The Balaban J connectivity index is 3.23. The molecule has 0 radical (unpaired) electrons. The van der Waals surface area contributed by atoms with Gasteiger partial charge in [-0.2, -0.15) is 0 Å². The number of hydrogen-bond acceptors (Lipinski definition) is 2. The molecule has 1 N–H and O–H groups in total. The van der Waals surface area contributed by atoms with Crippen LogP contribution in [0.15, 0.2) is 6.07 Å². The van der Waals surface area contributed by atoms with Gasteiger partial charge in [-0.3, -0.25) is 0 Å². The van der Waals surface area contributed by atoms with Gasteiger partial charge in [0, 0.05) is 5.88 Å². The average molecular weight is 242 g/mol. The third-order valence-electron chi connectivity index (χ3n) is 1.67. The quantitative estimate of drug-likeness (QED) is 0.826. The van der Waals surface area contributed by atoms with Gasteiger partial charge in [-0.1, -0.05) is 11.6 Å². The van der Waals surface area contributed by atoms with Gasteiger partial charge in [0.05, 0.1) is 17.3 Å². The van der Waals surface area contributed by atoms with Crippen molar-refractivity contribution in [1.29, 1.82) is 0 Å². The Morgan fingerprint density at radius 3 is 2.57 bits per heavy atom. The maximum absolute atomic E-state index is 12.3. The zero-order valence-electron chi connectivity index (χ0n) is 6.98. The molecular formula is C8H7Cl2F2NO. The lowest BCUT2D eigenvalue weighted by molar-refractivity contribution is 0.145. The van der Waals surface area contributed by atoms with Gasteiger partial charge < -0.3 is 5.11 Å². The average Bonchev–Trinajstić information content (AvgIpc) is 2.16. The van der Waals surface area contributed by atoms with E-state index in [0.29, 0.717) is 5.56 Å². The highest BCUT2D eigenvalue weighted by atomic mass is 35.5. The molecule has 0 atom stereocenters. The van der Waals surface area contributed by atoms with E-state index in [9.17, 15) is 8.78 Å². The molecule has 78 valence electrons. The van der Waals surface area contributed by atoms with Gasteiger partial charge in [0.1, 0.15) is 5.69 Å². The van der Waals surface area contributed by atoms with E-state index in [-0.39, 0.29) is 16.6 Å². The topological polar surface area (TPSA) is 33.1 Å². The van der Waals surface area contributed by atoms with E-state index >= 15 is 0 Å². The van der Waals surface area contributed by atoms with Crippen LogP contribution in [-0.2, 0) is 12.5 Å². The molecule has 1 rings (SSSR count). The third-order valence-corrected chi connectivity index (χ3v) is 2.26. The minimum Gasteiger partial charge on any atom is -0.390 e. The van der Waals surface area contributed by atoms with E-state index in [1.54, 1.807) is 0 Å². The maximum Gasteiger partial charge on any atom is 0.281 e. The Kier molecular flexibility index (Phi) is 4.04. The summed E-state index contributed by atoms with van der Waals surface area (Å²) in [5.41, 5.74) is 0.0767. The van der Waals surface area contributed by atoms with Crippen molar-refractivity contribution < 1.29 is 13.9 Å². The van der Waals surface area contributed by atoms with Gasteiger partial charge in [0.25, 0.3) is 6.43 Å². The zero-order valence-corrected chi connectivity index (χ0v) is 8.49. The zero-order chi connectivity index (χ0) is 10.7. The van der Waals surface area contributed by atoms with Crippen molar-refractivity contribution >= 4 is 23.2 Å². The van der Waals surface area contributed by atoms with Gasteiger partial charge in [0.15, 0.2) is 0 Å². The van der Waals surface area contributed by atoms with Gasteiger partial charge in [-0.05, 0) is 11.6 Å². The smallest absolute Gasteiger partial charge is 0.281 e. The van der Waals surface area contributed by atoms with E-state index < -0.39 is 18.7 Å². The summed E-state index contributed by atoms with van der Waals surface area (Å²) in [6.07, 6.45) is -2.75. The van der Waals surface area contributed by atoms with Crippen molar-refractivity contribution in [3.8, 4) is 0 Å². The van der Waals surface area contributed by atoms with Gasteiger partial charge in [-0.25, -0.2) is 13.8 Å². The summed E-state index contributed by atoms with van der Waals surface area (Å²) in [5.74, 6) is 0.0755. The van der Waals surface area contributed by atoms with Crippen LogP contribution in [0.25, 0.3) is 0 Å². The lowest BCUT2D eigenvalue weighted by Gasteiger charge is -2.08. The predicted octanol–water partition coefficient (Wildman–Crippen LogP) is 2.90. The molecule has 1 heterocycles. The number of nitrogens with zero attached hydrogens (tertiary/aromatic N) is 1. The number of halogens is 4. The SMILES string of the molecule is OCc1nc(C(F)F)c(Cl)cc1CCl. The molecule has 6 heteroatoms. The fraction of sp³-hybridized carbons (Fsp3) is 0.375. The molecule has 1 aromatic rings. The fourth-order valence-electron chi connectivity index (χ4n) is 0.986. The lowest BCUT2D eigenvalue weighted by atomic mass is 10.2. The Bertz CT molecular complexity index is 333. The predicted molar refractivity (Wildman–Crippen MR) is 49.7 cm³/mol. The van der Waals surface area contributed by atoms with Crippen molar-refractivity contribution in [2.24, 2.45) is 0 Å². The van der Waals surface area contributed by atoms with E-state index in [1.165, 1.54) is 6.07 Å². The summed E-state index contributed by atoms with van der Waals surface area (Å²) in [4.78, 5) is 3.54. The van der Waals surface area contributed by atoms with E-state index in [2.05, 4.69) is 4.98 Å². The maximum atomic E-state index is 12.3. The van der Waals surface area contributed by atoms with Crippen LogP contribution in [0.5, 0.6) is 0 Å². The number of alkyl halides is 3. The van der Waals surface area contributed by atoms with Crippen LogP contribution < -0.4 is 0 Å². The standard InChI is InChI=1S/C8H7Cl2F2NO/c9-2-4-1-5(10)7(8(11)12)13-6(4)3-14/h1,8,14H,2-3H2. The summed E-state index contributed by atoms with van der Waals surface area (Å²) in [6.45, 7) is -0.432. The van der Waals surface area contributed by atoms with Crippen molar-refractivity contribution in [3.05, 3.63) is 28.0 Å². The first-order chi connectivity index (χ1) is 6.60. The molecule has 0 aliphatic heterocycles. The molecule has 0 fully saturated rings. The van der Waals surface area contributed by atoms with E-state index in [4.69, 9.17) is 28.3 Å². The van der Waals surface area contributed by atoms with Gasteiger partial charge in [0.2, 0.25) is 0 Å². The van der Waals surface area contributed by atoms with Crippen molar-refractivity contribution in [1.82, 2.24) is 4.98 Å². The van der Waals surface area contributed by atoms with E-state index in [1.807, 2.05) is 0 Å². The Morgan fingerprint density at radius 1 is 1.50 bits per heavy atom. The number of aliphatic hydroxyl groups is 1. The molecule has 1 aromatic heterocycles. The molecule has 0 saturated heterocycles. The molecule has 0 saturated carbocycles. The third kappa shape index (κ3) is 2.32. The summed E-state index contributed by atoms with van der Waals surface area (Å²) in [7, 11) is 0. The minimum atomic E-state index is -2.75.